The third-order valence-corrected chi connectivity index (χ3v) is 8.87. The van der Waals surface area contributed by atoms with Gasteiger partial charge in [0.15, 0.2) is 0 Å². The smallest absolute Gasteiger partial charge is 0.283 e. The molecule has 182 valence electrons. The summed E-state index contributed by atoms with van der Waals surface area (Å²) in [5, 5.41) is 0. The van der Waals surface area contributed by atoms with Crippen molar-refractivity contribution in [3.05, 3.63) is 29.8 Å². The third kappa shape index (κ3) is 5.87. The Labute approximate surface area is 200 Å². The zero-order valence-corrected chi connectivity index (χ0v) is 21.3. The van der Waals surface area contributed by atoms with E-state index in [9.17, 15) is 8.42 Å². The average Bonchev–Trinajstić information content (AvgIpc) is 2.82. The van der Waals surface area contributed by atoms with E-state index in [0.29, 0.717) is 12.1 Å². The molecule has 3 fully saturated rings. The normalized spacial score (nSPS) is 25.5. The highest BCUT2D eigenvalue weighted by Gasteiger charge is 2.46. The Morgan fingerprint density at radius 3 is 2.15 bits per heavy atom. The quantitative estimate of drug-likeness (QED) is 0.398. The average molecular weight is 472 g/mol. The second-order valence-corrected chi connectivity index (χ2v) is 11.8. The minimum atomic E-state index is -3.74. The summed E-state index contributed by atoms with van der Waals surface area (Å²) >= 11 is 0. The lowest BCUT2D eigenvalue weighted by Gasteiger charge is -2.49. The summed E-state index contributed by atoms with van der Waals surface area (Å²) in [7, 11) is -3.74. The van der Waals surface area contributed by atoms with Gasteiger partial charge in [-0.1, -0.05) is 82.4 Å². The summed E-state index contributed by atoms with van der Waals surface area (Å²) in [6, 6.07) is 7.80. The van der Waals surface area contributed by atoms with Gasteiger partial charge in [-0.2, -0.15) is 8.42 Å². The number of amidine groups is 2. The topological polar surface area (TPSA) is 62.1 Å². The number of unbranched alkanes of at least 4 members (excludes halogenated alkanes) is 2. The van der Waals surface area contributed by atoms with Gasteiger partial charge in [0, 0.05) is 6.04 Å². The Hall–Kier alpha value is -1.69. The first-order valence-corrected chi connectivity index (χ1v) is 14.7. The molecule has 1 heterocycles. The number of likely N-dealkylation sites (tertiary alicyclic amines) is 1. The Balaban J connectivity index is 1.69. The van der Waals surface area contributed by atoms with Gasteiger partial charge < -0.3 is 4.90 Å². The lowest BCUT2D eigenvalue weighted by atomic mass is 9.84. The van der Waals surface area contributed by atoms with E-state index < -0.39 is 10.0 Å². The van der Waals surface area contributed by atoms with Gasteiger partial charge in [-0.3, -0.25) is 4.99 Å². The first-order chi connectivity index (χ1) is 16.0. The van der Waals surface area contributed by atoms with Crippen LogP contribution >= 0.6 is 0 Å². The molecule has 1 aromatic rings. The SMILES string of the molecule is CCCCCC1C(=NC2CCCCC2)N(C2CCCCC2)/C1=N/S(=O)(=O)c1ccc(C)cc1. The third-order valence-electron chi connectivity index (χ3n) is 7.58. The van der Waals surface area contributed by atoms with Gasteiger partial charge in [0.05, 0.1) is 16.9 Å². The molecule has 1 aromatic carbocycles. The van der Waals surface area contributed by atoms with Crippen molar-refractivity contribution >= 4 is 21.7 Å². The number of hydrogen-bond acceptors (Lipinski definition) is 3. The molecule has 0 aromatic heterocycles. The standard InChI is InChI=1S/C27H41N3O2S/c1-3-4-7-16-25-26(28-22-12-8-5-9-13-22)30(23-14-10-6-11-15-23)27(25)29-33(31,32)24-19-17-21(2)18-20-24/h17-20,22-23,25H,3-16H2,1-2H3/b28-26?,29-27+. The molecule has 4 rings (SSSR count). The monoisotopic (exact) mass is 471 g/mol. The number of sulfonamides is 1. The van der Waals surface area contributed by atoms with Crippen molar-refractivity contribution in [1.29, 1.82) is 0 Å². The van der Waals surface area contributed by atoms with E-state index in [1.54, 1.807) is 12.1 Å². The number of nitrogens with zero attached hydrogens (tertiary/aromatic N) is 3. The molecule has 2 saturated carbocycles. The van der Waals surface area contributed by atoms with E-state index in [0.717, 1.165) is 68.6 Å². The van der Waals surface area contributed by atoms with Crippen LogP contribution in [0.15, 0.2) is 38.6 Å². The Morgan fingerprint density at radius 1 is 0.879 bits per heavy atom. The van der Waals surface area contributed by atoms with Crippen LogP contribution in [0.2, 0.25) is 0 Å². The first kappa shape index (κ1) is 24.4. The van der Waals surface area contributed by atoms with Crippen LogP contribution < -0.4 is 0 Å². The predicted octanol–water partition coefficient (Wildman–Crippen LogP) is 6.66. The maximum atomic E-state index is 13.3. The van der Waals surface area contributed by atoms with Crippen LogP contribution in [-0.2, 0) is 10.0 Å². The predicted molar refractivity (Wildman–Crippen MR) is 136 cm³/mol. The van der Waals surface area contributed by atoms with Crippen LogP contribution in [-0.4, -0.2) is 37.1 Å². The van der Waals surface area contributed by atoms with Crippen molar-refractivity contribution < 1.29 is 8.42 Å². The highest BCUT2D eigenvalue weighted by molar-refractivity contribution is 7.90. The molecule has 33 heavy (non-hydrogen) atoms. The molecule has 2 aliphatic carbocycles. The number of rotatable bonds is 8. The van der Waals surface area contributed by atoms with E-state index in [1.807, 2.05) is 19.1 Å². The molecular formula is C27H41N3O2S. The maximum absolute atomic E-state index is 13.3. The van der Waals surface area contributed by atoms with E-state index in [-0.39, 0.29) is 10.8 Å². The number of aliphatic imine (C=N–C) groups is 1. The van der Waals surface area contributed by atoms with Crippen molar-refractivity contribution in [2.45, 2.75) is 121 Å². The van der Waals surface area contributed by atoms with Gasteiger partial charge in [-0.25, -0.2) is 0 Å². The summed E-state index contributed by atoms with van der Waals surface area (Å²) in [5.74, 6) is 1.96. The number of aryl methyl sites for hydroxylation is 1. The van der Waals surface area contributed by atoms with Crippen LogP contribution in [0, 0.1) is 12.8 Å². The zero-order valence-electron chi connectivity index (χ0n) is 20.5. The second kappa shape index (κ2) is 11.2. The van der Waals surface area contributed by atoms with Gasteiger partial charge in [0.25, 0.3) is 10.0 Å². The molecule has 1 saturated heterocycles. The fourth-order valence-corrected chi connectivity index (χ4v) is 6.66. The molecule has 5 nitrogen and oxygen atoms in total. The van der Waals surface area contributed by atoms with Crippen molar-refractivity contribution in [3.8, 4) is 0 Å². The molecule has 1 unspecified atom stereocenters. The van der Waals surface area contributed by atoms with Crippen LogP contribution in [0.25, 0.3) is 0 Å². The first-order valence-electron chi connectivity index (χ1n) is 13.3. The highest BCUT2D eigenvalue weighted by atomic mass is 32.2. The van der Waals surface area contributed by atoms with E-state index in [1.165, 1.54) is 38.5 Å². The molecule has 0 bridgehead atoms. The van der Waals surface area contributed by atoms with Crippen LogP contribution in [0.4, 0.5) is 0 Å². The van der Waals surface area contributed by atoms with Gasteiger partial charge >= 0.3 is 0 Å². The fraction of sp³-hybridized carbons (Fsp3) is 0.704. The Bertz CT molecular complexity index is 940. The van der Waals surface area contributed by atoms with Crippen LogP contribution in [0.3, 0.4) is 0 Å². The lowest BCUT2D eigenvalue weighted by molar-refractivity contribution is 0.279. The minimum Gasteiger partial charge on any atom is -0.313 e. The molecule has 1 aliphatic heterocycles. The summed E-state index contributed by atoms with van der Waals surface area (Å²) in [6.07, 6.45) is 16.4. The van der Waals surface area contributed by atoms with E-state index in [2.05, 4.69) is 16.2 Å². The summed E-state index contributed by atoms with van der Waals surface area (Å²) in [6.45, 7) is 4.18. The summed E-state index contributed by atoms with van der Waals surface area (Å²) < 4.78 is 31.1. The lowest BCUT2D eigenvalue weighted by Crippen LogP contribution is -2.62. The second-order valence-electron chi connectivity index (χ2n) is 10.2. The number of hydrogen-bond donors (Lipinski definition) is 0. The van der Waals surface area contributed by atoms with Gasteiger partial charge in [0.2, 0.25) is 0 Å². The van der Waals surface area contributed by atoms with Crippen molar-refractivity contribution in [2.75, 3.05) is 0 Å². The van der Waals surface area contributed by atoms with Crippen molar-refractivity contribution in [2.24, 2.45) is 15.3 Å². The molecule has 3 aliphatic rings. The van der Waals surface area contributed by atoms with Crippen molar-refractivity contribution in [1.82, 2.24) is 4.90 Å². The molecular weight excluding hydrogens is 430 g/mol. The maximum Gasteiger partial charge on any atom is 0.283 e. The largest absolute Gasteiger partial charge is 0.313 e. The summed E-state index contributed by atoms with van der Waals surface area (Å²) in [4.78, 5) is 7.84. The van der Waals surface area contributed by atoms with Gasteiger partial charge in [-0.15, -0.1) is 4.40 Å². The van der Waals surface area contributed by atoms with E-state index in [4.69, 9.17) is 4.99 Å². The Morgan fingerprint density at radius 2 is 1.52 bits per heavy atom. The zero-order chi connectivity index (χ0) is 23.3. The van der Waals surface area contributed by atoms with Gasteiger partial charge in [0.1, 0.15) is 11.7 Å². The minimum absolute atomic E-state index is 0.0561. The van der Waals surface area contributed by atoms with Crippen LogP contribution in [0.1, 0.15) is 102 Å². The molecule has 0 N–H and O–H groups in total. The fourth-order valence-electron chi connectivity index (χ4n) is 5.62. The van der Waals surface area contributed by atoms with E-state index >= 15 is 0 Å². The molecule has 6 heteroatoms. The summed E-state index contributed by atoms with van der Waals surface area (Å²) in [5.41, 5.74) is 1.05. The number of benzene rings is 1. The molecule has 0 radical (unpaired) electrons. The van der Waals surface area contributed by atoms with Crippen molar-refractivity contribution in [3.63, 3.8) is 0 Å². The van der Waals surface area contributed by atoms with Crippen LogP contribution in [0.5, 0.6) is 0 Å². The highest BCUT2D eigenvalue weighted by Crippen LogP contribution is 2.37. The molecule has 1 atom stereocenters. The molecule has 0 spiro atoms. The van der Waals surface area contributed by atoms with Gasteiger partial charge in [-0.05, 0) is 51.2 Å². The molecule has 0 amide bonds. The Kier molecular flexibility index (Phi) is 8.26.